The van der Waals surface area contributed by atoms with Crippen LogP contribution >= 0.6 is 20.6 Å². The summed E-state index contributed by atoms with van der Waals surface area (Å²) in [6.07, 6.45) is 0.951. The van der Waals surface area contributed by atoms with Crippen LogP contribution in [0.1, 0.15) is 16.7 Å². The second-order valence-corrected chi connectivity index (χ2v) is 8.72. The van der Waals surface area contributed by atoms with Crippen molar-refractivity contribution < 1.29 is 14.4 Å². The minimum atomic E-state index is -3.60. The zero-order valence-electron chi connectivity index (χ0n) is 9.61. The molecule has 0 saturated carbocycles. The molecule has 0 spiro atoms. The summed E-state index contributed by atoms with van der Waals surface area (Å²) < 4.78 is 37.2. The van der Waals surface area contributed by atoms with Crippen LogP contribution in [0, 0.1) is 24.3 Å². The molecular weight excluding hydrogens is 343 g/mol. The Kier molecular flexibility index (Phi) is 4.33. The van der Waals surface area contributed by atoms with Gasteiger partial charge in [-0.05, 0) is 0 Å². The molecule has 0 saturated heterocycles. The molecule has 1 aromatic carbocycles. The Hall–Kier alpha value is -0.180. The molecule has 1 rings (SSSR count). The van der Waals surface area contributed by atoms with E-state index in [9.17, 15) is 11.9 Å². The topological polar surface area (TPSA) is 63.6 Å². The van der Waals surface area contributed by atoms with Gasteiger partial charge in [0.25, 0.3) is 0 Å². The molecule has 0 heterocycles. The van der Waals surface area contributed by atoms with Crippen molar-refractivity contribution in [2.45, 2.75) is 20.8 Å². The van der Waals surface area contributed by atoms with Gasteiger partial charge in [0.15, 0.2) is 0 Å². The number of hydrogen-bond acceptors (Lipinski definition) is 4. The van der Waals surface area contributed by atoms with E-state index in [1.807, 2.05) is 32.9 Å². The van der Waals surface area contributed by atoms with Gasteiger partial charge in [0.2, 0.25) is 0 Å². The molecule has 92 valence electrons. The van der Waals surface area contributed by atoms with Gasteiger partial charge in [-0.1, -0.05) is 0 Å². The number of halogens is 1. The van der Waals surface area contributed by atoms with Crippen molar-refractivity contribution in [1.29, 1.82) is 0 Å². The molecule has 0 bridgehead atoms. The van der Waals surface area contributed by atoms with Gasteiger partial charge >= 0.3 is 105 Å². The molecule has 0 unspecified atom stereocenters. The van der Waals surface area contributed by atoms with Gasteiger partial charge < -0.3 is 0 Å². The van der Waals surface area contributed by atoms with E-state index in [1.165, 1.54) is 0 Å². The number of benzene rings is 1. The van der Waals surface area contributed by atoms with Crippen LogP contribution in [0.3, 0.4) is 0 Å². The van der Waals surface area contributed by atoms with Crippen molar-refractivity contribution >= 4 is 30.8 Å². The fourth-order valence-corrected chi connectivity index (χ4v) is 6.00. The zero-order chi connectivity index (χ0) is 12.5. The molecular formula is C10H15IO4S. The van der Waals surface area contributed by atoms with Crippen LogP contribution in [0.5, 0.6) is 0 Å². The van der Waals surface area contributed by atoms with Crippen LogP contribution in [0.25, 0.3) is 0 Å². The van der Waals surface area contributed by atoms with Gasteiger partial charge in [-0.3, -0.25) is 0 Å². The first-order valence-electron chi connectivity index (χ1n) is 4.58. The maximum atomic E-state index is 11.0. The number of aryl methyl sites for hydroxylation is 3. The molecule has 4 nitrogen and oxygen atoms in total. The third-order valence-corrected chi connectivity index (χ3v) is 7.87. The molecule has 0 aliphatic heterocycles. The van der Waals surface area contributed by atoms with Crippen molar-refractivity contribution in [2.24, 2.45) is 0 Å². The maximum absolute atomic E-state index is 11.0. The summed E-state index contributed by atoms with van der Waals surface area (Å²) >= 11 is -3.06. The van der Waals surface area contributed by atoms with Gasteiger partial charge in [-0.15, -0.1) is 0 Å². The van der Waals surface area contributed by atoms with Crippen LogP contribution in [0.2, 0.25) is 0 Å². The van der Waals surface area contributed by atoms with Crippen LogP contribution in [0.4, 0.5) is 0 Å². The third-order valence-electron chi connectivity index (χ3n) is 1.92. The van der Waals surface area contributed by atoms with Crippen molar-refractivity contribution in [3.8, 4) is 0 Å². The van der Waals surface area contributed by atoms with Crippen LogP contribution in [-0.2, 0) is 12.6 Å². The average molecular weight is 358 g/mol. The average Bonchev–Trinajstić information content (AvgIpc) is 1.96. The van der Waals surface area contributed by atoms with Gasteiger partial charge in [-0.2, -0.15) is 0 Å². The van der Waals surface area contributed by atoms with Gasteiger partial charge in [0.05, 0.1) is 0 Å². The SMILES string of the molecule is Cc1cc(C)c(I(O)OS(C)(=O)=O)c(C)c1. The Bertz CT molecular complexity index is 473. The summed E-state index contributed by atoms with van der Waals surface area (Å²) in [7, 11) is -3.60. The van der Waals surface area contributed by atoms with Crippen molar-refractivity contribution in [2.75, 3.05) is 6.26 Å². The Labute approximate surface area is 104 Å². The molecule has 0 aromatic heterocycles. The summed E-state index contributed by atoms with van der Waals surface area (Å²) in [6, 6.07) is 3.82. The van der Waals surface area contributed by atoms with E-state index >= 15 is 0 Å². The van der Waals surface area contributed by atoms with Crippen LogP contribution < -0.4 is 0 Å². The first-order valence-corrected chi connectivity index (χ1v) is 9.32. The van der Waals surface area contributed by atoms with E-state index in [1.54, 1.807) is 0 Å². The Balaban J connectivity index is 3.14. The molecule has 0 amide bonds. The summed E-state index contributed by atoms with van der Waals surface area (Å²) in [5.41, 5.74) is 2.85. The standard InChI is InChI=1S/C10H15IO4S/c1-7-5-8(2)10(9(3)6-7)11(12)15-16(4,13)14/h5-6,12H,1-4H3. The Morgan fingerprint density at radius 1 is 1.19 bits per heavy atom. The normalized spacial score (nSPS) is 12.7. The first-order chi connectivity index (χ1) is 7.20. The van der Waals surface area contributed by atoms with E-state index in [4.69, 9.17) is 2.51 Å². The van der Waals surface area contributed by atoms with Gasteiger partial charge in [0, 0.05) is 0 Å². The number of rotatable bonds is 3. The Morgan fingerprint density at radius 2 is 1.62 bits per heavy atom. The summed E-state index contributed by atoms with van der Waals surface area (Å²) in [5, 5.41) is 0. The summed E-state index contributed by atoms with van der Waals surface area (Å²) in [4.78, 5) is 0. The predicted octanol–water partition coefficient (Wildman–Crippen LogP) is 2.09. The minimum absolute atomic E-state index is 0.667. The van der Waals surface area contributed by atoms with Gasteiger partial charge in [-0.25, -0.2) is 0 Å². The molecule has 0 atom stereocenters. The monoisotopic (exact) mass is 358 g/mol. The molecule has 0 aliphatic rings. The quantitative estimate of drug-likeness (QED) is 0.841. The van der Waals surface area contributed by atoms with E-state index in [-0.39, 0.29) is 0 Å². The van der Waals surface area contributed by atoms with E-state index in [0.29, 0.717) is 3.57 Å². The third kappa shape index (κ3) is 3.69. The first kappa shape index (κ1) is 13.9. The molecule has 16 heavy (non-hydrogen) atoms. The molecule has 0 fully saturated rings. The zero-order valence-corrected chi connectivity index (χ0v) is 12.6. The summed E-state index contributed by atoms with van der Waals surface area (Å²) in [5.74, 6) is 0. The van der Waals surface area contributed by atoms with Crippen molar-refractivity contribution in [3.05, 3.63) is 32.4 Å². The van der Waals surface area contributed by atoms with Crippen molar-refractivity contribution in [3.63, 3.8) is 0 Å². The molecule has 0 radical (unpaired) electrons. The molecule has 1 aromatic rings. The van der Waals surface area contributed by atoms with Gasteiger partial charge in [0.1, 0.15) is 0 Å². The second-order valence-electron chi connectivity index (χ2n) is 3.71. The molecule has 6 heteroatoms. The second kappa shape index (κ2) is 4.99. The van der Waals surface area contributed by atoms with E-state index < -0.39 is 30.8 Å². The fraction of sp³-hybridized carbons (Fsp3) is 0.400. The number of hydrogen-bond donors (Lipinski definition) is 1. The summed E-state index contributed by atoms with van der Waals surface area (Å²) in [6.45, 7) is 5.65. The fourth-order valence-electron chi connectivity index (χ4n) is 1.56. The van der Waals surface area contributed by atoms with Crippen LogP contribution in [0.15, 0.2) is 12.1 Å². The van der Waals surface area contributed by atoms with E-state index in [0.717, 1.165) is 22.9 Å². The van der Waals surface area contributed by atoms with Crippen LogP contribution in [-0.4, -0.2) is 18.1 Å². The van der Waals surface area contributed by atoms with E-state index in [2.05, 4.69) is 0 Å². The van der Waals surface area contributed by atoms with Crippen molar-refractivity contribution in [1.82, 2.24) is 0 Å². The molecule has 0 aliphatic carbocycles. The Morgan fingerprint density at radius 3 is 2.00 bits per heavy atom. The predicted molar refractivity (Wildman–Crippen MR) is 71.5 cm³/mol. The molecule has 1 N–H and O–H groups in total.